The number of ether oxygens (including phenoxy) is 2. The van der Waals surface area contributed by atoms with Gasteiger partial charge in [0.15, 0.2) is 11.5 Å². The lowest BCUT2D eigenvalue weighted by Crippen LogP contribution is -2.49. The molecule has 1 fully saturated rings. The van der Waals surface area contributed by atoms with E-state index in [4.69, 9.17) is 9.47 Å². The molecule has 0 saturated carbocycles. The monoisotopic (exact) mass is 264 g/mol. The molecule has 2 rings (SSSR count). The van der Waals surface area contributed by atoms with Crippen molar-refractivity contribution in [3.8, 4) is 11.5 Å². The van der Waals surface area contributed by atoms with Gasteiger partial charge in [0.05, 0.1) is 14.2 Å². The van der Waals surface area contributed by atoms with Crippen LogP contribution in [0.4, 0.5) is 0 Å². The SMILES string of the molecule is COc1ccc(CN2CCN(C)CC2C)cc1OC. The third kappa shape index (κ3) is 3.39. The first-order chi connectivity index (χ1) is 9.13. The molecular formula is C15H24N2O2. The predicted molar refractivity (Wildman–Crippen MR) is 76.9 cm³/mol. The van der Waals surface area contributed by atoms with E-state index in [-0.39, 0.29) is 0 Å². The summed E-state index contributed by atoms with van der Waals surface area (Å²) in [6, 6.07) is 6.76. The first-order valence-corrected chi connectivity index (χ1v) is 6.77. The van der Waals surface area contributed by atoms with Gasteiger partial charge in [-0.15, -0.1) is 0 Å². The highest BCUT2D eigenvalue weighted by Crippen LogP contribution is 2.28. The summed E-state index contributed by atoms with van der Waals surface area (Å²) >= 11 is 0. The minimum absolute atomic E-state index is 0.590. The van der Waals surface area contributed by atoms with Crippen LogP contribution >= 0.6 is 0 Å². The Morgan fingerprint density at radius 1 is 1.16 bits per heavy atom. The Hall–Kier alpha value is -1.26. The second-order valence-corrected chi connectivity index (χ2v) is 5.27. The van der Waals surface area contributed by atoms with Gasteiger partial charge in [-0.2, -0.15) is 0 Å². The van der Waals surface area contributed by atoms with Crippen molar-refractivity contribution >= 4 is 0 Å². The molecule has 106 valence electrons. The molecule has 0 radical (unpaired) electrons. The summed E-state index contributed by atoms with van der Waals surface area (Å²) in [6.07, 6.45) is 0. The molecule has 1 aromatic carbocycles. The first-order valence-electron chi connectivity index (χ1n) is 6.77. The summed E-state index contributed by atoms with van der Waals surface area (Å²) in [5.41, 5.74) is 1.27. The van der Waals surface area contributed by atoms with Crippen molar-refractivity contribution < 1.29 is 9.47 Å². The van der Waals surface area contributed by atoms with Crippen LogP contribution < -0.4 is 9.47 Å². The molecule has 4 nitrogen and oxygen atoms in total. The highest BCUT2D eigenvalue weighted by atomic mass is 16.5. The maximum atomic E-state index is 5.36. The Morgan fingerprint density at radius 3 is 2.53 bits per heavy atom. The Morgan fingerprint density at radius 2 is 1.89 bits per heavy atom. The molecular weight excluding hydrogens is 240 g/mol. The van der Waals surface area contributed by atoms with Gasteiger partial charge in [-0.3, -0.25) is 4.90 Å². The van der Waals surface area contributed by atoms with E-state index in [1.807, 2.05) is 6.07 Å². The molecule has 1 aliphatic heterocycles. The molecule has 1 atom stereocenters. The van der Waals surface area contributed by atoms with Gasteiger partial charge in [-0.05, 0) is 31.7 Å². The van der Waals surface area contributed by atoms with E-state index in [0.717, 1.165) is 37.7 Å². The fourth-order valence-corrected chi connectivity index (χ4v) is 2.63. The highest BCUT2D eigenvalue weighted by Gasteiger charge is 2.21. The molecule has 1 unspecified atom stereocenters. The summed E-state index contributed by atoms with van der Waals surface area (Å²) in [5, 5.41) is 0. The molecule has 0 aromatic heterocycles. The Labute approximate surface area is 115 Å². The number of piperazine rings is 1. The molecule has 0 amide bonds. The summed E-state index contributed by atoms with van der Waals surface area (Å²) < 4.78 is 10.6. The third-order valence-corrected chi connectivity index (χ3v) is 3.80. The predicted octanol–water partition coefficient (Wildman–Crippen LogP) is 1.84. The van der Waals surface area contributed by atoms with Crippen LogP contribution in [0.15, 0.2) is 18.2 Å². The Kier molecular flexibility index (Phi) is 4.66. The van der Waals surface area contributed by atoms with Crippen LogP contribution in [0, 0.1) is 0 Å². The van der Waals surface area contributed by atoms with E-state index in [0.29, 0.717) is 6.04 Å². The van der Waals surface area contributed by atoms with E-state index >= 15 is 0 Å². The van der Waals surface area contributed by atoms with Crippen LogP contribution in [-0.2, 0) is 6.54 Å². The van der Waals surface area contributed by atoms with E-state index in [9.17, 15) is 0 Å². The van der Waals surface area contributed by atoms with Crippen LogP contribution in [0.2, 0.25) is 0 Å². The van der Waals surface area contributed by atoms with Gasteiger partial charge in [-0.1, -0.05) is 6.07 Å². The van der Waals surface area contributed by atoms with Crippen molar-refractivity contribution in [3.63, 3.8) is 0 Å². The lowest BCUT2D eigenvalue weighted by molar-refractivity contribution is 0.0937. The van der Waals surface area contributed by atoms with E-state index in [1.54, 1.807) is 14.2 Å². The van der Waals surface area contributed by atoms with Crippen molar-refractivity contribution in [1.29, 1.82) is 0 Å². The molecule has 0 spiro atoms. The Bertz CT molecular complexity index is 423. The van der Waals surface area contributed by atoms with Gasteiger partial charge in [0.1, 0.15) is 0 Å². The van der Waals surface area contributed by atoms with Gasteiger partial charge in [-0.25, -0.2) is 0 Å². The Balaban J connectivity index is 2.06. The second kappa shape index (κ2) is 6.26. The number of nitrogens with zero attached hydrogens (tertiary/aromatic N) is 2. The van der Waals surface area contributed by atoms with Crippen LogP contribution in [-0.4, -0.2) is 56.7 Å². The van der Waals surface area contributed by atoms with E-state index in [1.165, 1.54) is 5.56 Å². The van der Waals surface area contributed by atoms with Crippen LogP contribution in [0.25, 0.3) is 0 Å². The van der Waals surface area contributed by atoms with Crippen molar-refractivity contribution in [1.82, 2.24) is 9.80 Å². The third-order valence-electron chi connectivity index (χ3n) is 3.80. The quantitative estimate of drug-likeness (QED) is 0.828. The minimum atomic E-state index is 0.590. The van der Waals surface area contributed by atoms with E-state index < -0.39 is 0 Å². The van der Waals surface area contributed by atoms with Crippen LogP contribution in [0.3, 0.4) is 0 Å². The number of rotatable bonds is 4. The number of methoxy groups -OCH3 is 2. The fraction of sp³-hybridized carbons (Fsp3) is 0.600. The molecule has 0 N–H and O–H groups in total. The zero-order valence-electron chi connectivity index (χ0n) is 12.3. The fourth-order valence-electron chi connectivity index (χ4n) is 2.63. The van der Waals surface area contributed by atoms with Crippen LogP contribution in [0.1, 0.15) is 12.5 Å². The van der Waals surface area contributed by atoms with Crippen molar-refractivity contribution in [2.75, 3.05) is 40.9 Å². The van der Waals surface area contributed by atoms with Crippen molar-refractivity contribution in [2.24, 2.45) is 0 Å². The summed E-state index contributed by atoms with van der Waals surface area (Å²) in [5.74, 6) is 1.60. The van der Waals surface area contributed by atoms with E-state index in [2.05, 4.69) is 35.9 Å². The maximum Gasteiger partial charge on any atom is 0.161 e. The molecule has 1 aliphatic rings. The zero-order valence-corrected chi connectivity index (χ0v) is 12.3. The average molecular weight is 264 g/mol. The number of hydrogen-bond donors (Lipinski definition) is 0. The summed E-state index contributed by atoms with van der Waals surface area (Å²) in [7, 11) is 5.53. The van der Waals surface area contributed by atoms with Crippen molar-refractivity contribution in [2.45, 2.75) is 19.5 Å². The first kappa shape index (κ1) is 14.2. The number of hydrogen-bond acceptors (Lipinski definition) is 4. The van der Waals surface area contributed by atoms with Crippen molar-refractivity contribution in [3.05, 3.63) is 23.8 Å². The van der Waals surface area contributed by atoms with Gasteiger partial charge < -0.3 is 14.4 Å². The largest absolute Gasteiger partial charge is 0.493 e. The lowest BCUT2D eigenvalue weighted by atomic mass is 10.1. The molecule has 0 bridgehead atoms. The van der Waals surface area contributed by atoms with Gasteiger partial charge in [0.2, 0.25) is 0 Å². The van der Waals surface area contributed by atoms with Gasteiger partial charge in [0.25, 0.3) is 0 Å². The van der Waals surface area contributed by atoms with Gasteiger partial charge in [0, 0.05) is 32.2 Å². The maximum absolute atomic E-state index is 5.36. The molecule has 0 aliphatic carbocycles. The smallest absolute Gasteiger partial charge is 0.161 e. The number of likely N-dealkylation sites (N-methyl/N-ethyl adjacent to an activating group) is 1. The average Bonchev–Trinajstić information content (AvgIpc) is 2.41. The second-order valence-electron chi connectivity index (χ2n) is 5.27. The zero-order chi connectivity index (χ0) is 13.8. The highest BCUT2D eigenvalue weighted by molar-refractivity contribution is 5.42. The molecule has 1 heterocycles. The molecule has 19 heavy (non-hydrogen) atoms. The molecule has 1 aromatic rings. The lowest BCUT2D eigenvalue weighted by Gasteiger charge is -2.38. The topological polar surface area (TPSA) is 24.9 Å². The standard InChI is InChI=1S/C15H24N2O2/c1-12-10-16(2)7-8-17(12)11-13-5-6-14(18-3)15(9-13)19-4/h5-6,9,12H,7-8,10-11H2,1-4H3. The normalized spacial score (nSPS) is 21.4. The summed E-state index contributed by atoms with van der Waals surface area (Å²) in [4.78, 5) is 4.90. The number of benzene rings is 1. The molecule has 1 saturated heterocycles. The molecule has 4 heteroatoms. The van der Waals surface area contributed by atoms with Crippen LogP contribution in [0.5, 0.6) is 11.5 Å². The summed E-state index contributed by atoms with van der Waals surface area (Å²) in [6.45, 7) is 6.64. The minimum Gasteiger partial charge on any atom is -0.493 e. The van der Waals surface area contributed by atoms with Gasteiger partial charge >= 0.3 is 0 Å².